The lowest BCUT2D eigenvalue weighted by molar-refractivity contribution is 0.102. The monoisotopic (exact) mass is 373 g/mol. The minimum absolute atomic E-state index is 0.105. The zero-order valence-corrected chi connectivity index (χ0v) is 15.5. The van der Waals surface area contributed by atoms with E-state index in [1.54, 1.807) is 12.1 Å². The first-order chi connectivity index (χ1) is 12.6. The van der Waals surface area contributed by atoms with Crippen molar-refractivity contribution in [3.63, 3.8) is 0 Å². The van der Waals surface area contributed by atoms with Gasteiger partial charge in [-0.2, -0.15) is 0 Å². The van der Waals surface area contributed by atoms with Crippen LogP contribution in [0.2, 0.25) is 5.02 Å². The third-order valence-corrected chi connectivity index (χ3v) is 5.05. The smallest absolute Gasteiger partial charge is 0.259 e. The molecule has 0 heterocycles. The molecule has 1 aliphatic rings. The Balaban J connectivity index is 1.56. The van der Waals surface area contributed by atoms with Crippen LogP contribution in [0.4, 0.5) is 5.69 Å². The molecule has 0 bridgehead atoms. The van der Waals surface area contributed by atoms with Gasteiger partial charge >= 0.3 is 0 Å². The number of rotatable bonds is 6. The van der Waals surface area contributed by atoms with E-state index in [9.17, 15) is 9.90 Å². The van der Waals surface area contributed by atoms with Crippen molar-refractivity contribution in [3.05, 3.63) is 53.1 Å². The van der Waals surface area contributed by atoms with Crippen molar-refractivity contribution in [3.8, 4) is 11.5 Å². The van der Waals surface area contributed by atoms with Crippen LogP contribution in [0.3, 0.4) is 0 Å². The zero-order chi connectivity index (χ0) is 18.4. The maximum absolute atomic E-state index is 12.3. The molecule has 1 amide bonds. The fourth-order valence-electron chi connectivity index (χ4n) is 3.37. The average Bonchev–Trinajstić information content (AvgIpc) is 2.65. The molecule has 138 valence electrons. The average molecular weight is 374 g/mol. The van der Waals surface area contributed by atoms with E-state index >= 15 is 0 Å². The Labute approximate surface area is 159 Å². The van der Waals surface area contributed by atoms with Gasteiger partial charge in [0.05, 0.1) is 12.2 Å². The van der Waals surface area contributed by atoms with Gasteiger partial charge in [0.15, 0.2) is 0 Å². The number of aromatic hydroxyl groups is 1. The number of anilines is 1. The molecule has 0 radical (unpaired) electrons. The lowest BCUT2D eigenvalue weighted by Gasteiger charge is -2.21. The van der Waals surface area contributed by atoms with Crippen LogP contribution in [-0.2, 0) is 0 Å². The minimum Gasteiger partial charge on any atom is -0.507 e. The number of phenolic OH excluding ortho intramolecular Hbond substituents is 1. The van der Waals surface area contributed by atoms with Crippen LogP contribution in [0.25, 0.3) is 0 Å². The summed E-state index contributed by atoms with van der Waals surface area (Å²) >= 11 is 5.90. The standard InChI is InChI=1S/C21H24ClNO3/c22-16-9-10-20(24)19(13-16)21(25)23-17-7-4-8-18(14-17)26-12-11-15-5-2-1-3-6-15/h4,7-10,13-15,24H,1-3,5-6,11-12H2,(H,23,25). The second-order valence-electron chi connectivity index (χ2n) is 6.78. The summed E-state index contributed by atoms with van der Waals surface area (Å²) in [6, 6.07) is 11.7. The molecule has 0 aromatic heterocycles. The van der Waals surface area contributed by atoms with Crippen molar-refractivity contribution in [1.29, 1.82) is 0 Å². The van der Waals surface area contributed by atoms with Gasteiger partial charge in [-0.25, -0.2) is 0 Å². The number of amides is 1. The number of hydrogen-bond donors (Lipinski definition) is 2. The van der Waals surface area contributed by atoms with Crippen LogP contribution in [0.5, 0.6) is 11.5 Å². The molecule has 3 rings (SSSR count). The Morgan fingerprint density at radius 1 is 1.15 bits per heavy atom. The molecule has 0 saturated heterocycles. The van der Waals surface area contributed by atoms with Gasteiger partial charge in [-0.05, 0) is 42.7 Å². The number of halogens is 1. The van der Waals surface area contributed by atoms with Crippen molar-refractivity contribution < 1.29 is 14.6 Å². The molecule has 2 N–H and O–H groups in total. The van der Waals surface area contributed by atoms with E-state index in [4.69, 9.17) is 16.3 Å². The molecule has 4 nitrogen and oxygen atoms in total. The maximum Gasteiger partial charge on any atom is 0.259 e. The van der Waals surface area contributed by atoms with E-state index in [0.717, 1.165) is 18.1 Å². The lowest BCUT2D eigenvalue weighted by Crippen LogP contribution is -2.12. The van der Waals surface area contributed by atoms with E-state index in [2.05, 4.69) is 5.32 Å². The van der Waals surface area contributed by atoms with Crippen LogP contribution in [0, 0.1) is 5.92 Å². The summed E-state index contributed by atoms with van der Waals surface area (Å²) in [4.78, 5) is 12.3. The highest BCUT2D eigenvalue weighted by Gasteiger charge is 2.14. The van der Waals surface area contributed by atoms with Crippen molar-refractivity contribution in [1.82, 2.24) is 0 Å². The summed E-state index contributed by atoms with van der Waals surface area (Å²) < 4.78 is 5.86. The van der Waals surface area contributed by atoms with Crippen LogP contribution in [0.15, 0.2) is 42.5 Å². The molecular weight excluding hydrogens is 350 g/mol. The summed E-state index contributed by atoms with van der Waals surface area (Å²) in [5, 5.41) is 13.0. The first-order valence-corrected chi connectivity index (χ1v) is 9.52. The van der Waals surface area contributed by atoms with Crippen molar-refractivity contribution in [2.24, 2.45) is 5.92 Å². The summed E-state index contributed by atoms with van der Waals surface area (Å²) in [6.07, 6.45) is 7.73. The number of hydrogen-bond acceptors (Lipinski definition) is 3. The number of carbonyl (C=O) groups excluding carboxylic acids is 1. The Bertz CT molecular complexity index is 757. The predicted octanol–water partition coefficient (Wildman–Crippen LogP) is 5.65. The van der Waals surface area contributed by atoms with Gasteiger partial charge in [-0.1, -0.05) is 49.8 Å². The third kappa shape index (κ3) is 5.15. The summed E-state index contributed by atoms with van der Waals surface area (Å²) in [6.45, 7) is 0.692. The van der Waals surface area contributed by atoms with Gasteiger partial charge in [-0.15, -0.1) is 0 Å². The molecule has 1 aliphatic carbocycles. The maximum atomic E-state index is 12.3. The highest BCUT2D eigenvalue weighted by molar-refractivity contribution is 6.31. The molecule has 26 heavy (non-hydrogen) atoms. The van der Waals surface area contributed by atoms with Crippen LogP contribution in [-0.4, -0.2) is 17.6 Å². The Kier molecular flexibility index (Phi) is 6.40. The van der Waals surface area contributed by atoms with Gasteiger partial charge in [0, 0.05) is 16.8 Å². The second kappa shape index (κ2) is 8.95. The van der Waals surface area contributed by atoms with E-state index in [0.29, 0.717) is 17.3 Å². The number of ether oxygens (including phenoxy) is 1. The molecule has 2 aromatic rings. The van der Waals surface area contributed by atoms with Crippen molar-refractivity contribution >= 4 is 23.2 Å². The van der Waals surface area contributed by atoms with Gasteiger partial charge in [0.25, 0.3) is 5.91 Å². The SMILES string of the molecule is O=C(Nc1cccc(OCCC2CCCCC2)c1)c1cc(Cl)ccc1O. The number of benzene rings is 2. The zero-order valence-electron chi connectivity index (χ0n) is 14.7. The van der Waals surface area contributed by atoms with Crippen molar-refractivity contribution in [2.45, 2.75) is 38.5 Å². The summed E-state index contributed by atoms with van der Waals surface area (Å²) in [7, 11) is 0. The predicted molar refractivity (Wildman–Crippen MR) is 104 cm³/mol. The molecule has 0 spiro atoms. The molecule has 1 saturated carbocycles. The summed E-state index contributed by atoms with van der Waals surface area (Å²) in [5.41, 5.74) is 0.755. The highest BCUT2D eigenvalue weighted by atomic mass is 35.5. The number of phenols is 1. The normalized spacial score (nSPS) is 14.8. The van der Waals surface area contributed by atoms with Gasteiger partial charge in [-0.3, -0.25) is 4.79 Å². The topological polar surface area (TPSA) is 58.6 Å². The molecular formula is C21H24ClNO3. The quantitative estimate of drug-likeness (QED) is 0.688. The number of carbonyl (C=O) groups is 1. The van der Waals surface area contributed by atoms with E-state index in [1.807, 2.05) is 12.1 Å². The van der Waals surface area contributed by atoms with Gasteiger partial charge in [0.1, 0.15) is 11.5 Å². The highest BCUT2D eigenvalue weighted by Crippen LogP contribution is 2.27. The minimum atomic E-state index is -0.413. The molecule has 1 fully saturated rings. The van der Waals surface area contributed by atoms with Crippen LogP contribution in [0.1, 0.15) is 48.9 Å². The first-order valence-electron chi connectivity index (χ1n) is 9.14. The Morgan fingerprint density at radius 3 is 2.77 bits per heavy atom. The van der Waals surface area contributed by atoms with Crippen LogP contribution < -0.4 is 10.1 Å². The Hall–Kier alpha value is -2.20. The largest absolute Gasteiger partial charge is 0.507 e. The first kappa shape index (κ1) is 18.6. The van der Waals surface area contributed by atoms with Crippen molar-refractivity contribution in [2.75, 3.05) is 11.9 Å². The van der Waals surface area contributed by atoms with E-state index in [-0.39, 0.29) is 11.3 Å². The molecule has 0 atom stereocenters. The second-order valence-corrected chi connectivity index (χ2v) is 7.22. The third-order valence-electron chi connectivity index (χ3n) is 4.81. The van der Waals surface area contributed by atoms with E-state index < -0.39 is 5.91 Å². The Morgan fingerprint density at radius 2 is 1.96 bits per heavy atom. The molecule has 5 heteroatoms. The molecule has 0 aliphatic heterocycles. The fraction of sp³-hybridized carbons (Fsp3) is 0.381. The number of nitrogens with one attached hydrogen (secondary N) is 1. The summed E-state index contributed by atoms with van der Waals surface area (Å²) in [5.74, 6) is 0.988. The molecule has 2 aromatic carbocycles. The van der Waals surface area contributed by atoms with Gasteiger partial charge < -0.3 is 15.2 Å². The van der Waals surface area contributed by atoms with E-state index in [1.165, 1.54) is 50.3 Å². The van der Waals surface area contributed by atoms with Gasteiger partial charge in [0.2, 0.25) is 0 Å². The molecule has 0 unspecified atom stereocenters. The van der Waals surface area contributed by atoms with Crippen LogP contribution >= 0.6 is 11.6 Å². The lowest BCUT2D eigenvalue weighted by atomic mass is 9.87. The fourth-order valence-corrected chi connectivity index (χ4v) is 3.54.